The van der Waals surface area contributed by atoms with Gasteiger partial charge in [0, 0.05) is 37.3 Å². The summed E-state index contributed by atoms with van der Waals surface area (Å²) in [5, 5.41) is 6.95. The van der Waals surface area contributed by atoms with Gasteiger partial charge in [-0.3, -0.25) is 9.69 Å². The summed E-state index contributed by atoms with van der Waals surface area (Å²) in [5.41, 5.74) is 1.22. The van der Waals surface area contributed by atoms with Gasteiger partial charge in [-0.1, -0.05) is 49.3 Å². The summed E-state index contributed by atoms with van der Waals surface area (Å²) in [6, 6.07) is 11.7. The van der Waals surface area contributed by atoms with E-state index < -0.39 is 0 Å². The van der Waals surface area contributed by atoms with E-state index in [0.717, 1.165) is 38.3 Å². The van der Waals surface area contributed by atoms with E-state index in [1.54, 1.807) is 6.07 Å². The zero-order chi connectivity index (χ0) is 18.4. The van der Waals surface area contributed by atoms with Gasteiger partial charge < -0.3 is 14.6 Å². The molecule has 1 amide bonds. The van der Waals surface area contributed by atoms with E-state index in [4.69, 9.17) is 9.26 Å². The lowest BCUT2D eigenvalue weighted by molar-refractivity contribution is 0.0124. The van der Waals surface area contributed by atoms with Crippen molar-refractivity contribution >= 4 is 5.91 Å². The van der Waals surface area contributed by atoms with Gasteiger partial charge in [-0.15, -0.1) is 0 Å². The van der Waals surface area contributed by atoms with Gasteiger partial charge >= 0.3 is 0 Å². The summed E-state index contributed by atoms with van der Waals surface area (Å²) in [7, 11) is 0. The Morgan fingerprint density at radius 2 is 1.96 bits per heavy atom. The number of nitrogens with one attached hydrogen (secondary N) is 1. The molecule has 1 unspecified atom stereocenters. The number of ether oxygens (including phenoxy) is 1. The van der Waals surface area contributed by atoms with Crippen molar-refractivity contribution in [2.45, 2.75) is 26.3 Å². The number of hydrogen-bond acceptors (Lipinski definition) is 5. The Balaban J connectivity index is 1.60. The van der Waals surface area contributed by atoms with Gasteiger partial charge in [0.1, 0.15) is 0 Å². The van der Waals surface area contributed by atoms with Crippen LogP contribution in [0.15, 0.2) is 40.9 Å². The fourth-order valence-corrected chi connectivity index (χ4v) is 3.27. The number of carbonyl (C=O) groups is 1. The van der Waals surface area contributed by atoms with Crippen molar-refractivity contribution in [3.63, 3.8) is 0 Å². The SMILES string of the molecule is CC(C)CC(CNC(=O)c1cc(-c2ccccc2)on1)N1CCOCC1. The summed E-state index contributed by atoms with van der Waals surface area (Å²) in [4.78, 5) is 14.9. The lowest BCUT2D eigenvalue weighted by atomic mass is 10.0. The molecule has 1 N–H and O–H groups in total. The van der Waals surface area contributed by atoms with Crippen molar-refractivity contribution in [1.82, 2.24) is 15.4 Å². The van der Waals surface area contributed by atoms with Gasteiger partial charge in [-0.05, 0) is 12.3 Å². The summed E-state index contributed by atoms with van der Waals surface area (Å²) >= 11 is 0. The first-order chi connectivity index (χ1) is 12.6. The van der Waals surface area contributed by atoms with Crippen molar-refractivity contribution in [2.75, 3.05) is 32.8 Å². The second-order valence-electron chi connectivity index (χ2n) is 7.08. The van der Waals surface area contributed by atoms with Gasteiger partial charge in [-0.25, -0.2) is 0 Å². The normalized spacial score (nSPS) is 16.6. The van der Waals surface area contributed by atoms with Crippen LogP contribution in [0.25, 0.3) is 11.3 Å². The van der Waals surface area contributed by atoms with Crippen LogP contribution in [0.4, 0.5) is 0 Å². The summed E-state index contributed by atoms with van der Waals surface area (Å²) in [5.74, 6) is 0.970. The maximum Gasteiger partial charge on any atom is 0.273 e. The highest BCUT2D eigenvalue weighted by molar-refractivity contribution is 5.93. The van der Waals surface area contributed by atoms with Gasteiger partial charge in [0.25, 0.3) is 5.91 Å². The second-order valence-corrected chi connectivity index (χ2v) is 7.08. The Hall–Kier alpha value is -2.18. The van der Waals surface area contributed by atoms with Crippen LogP contribution in [0.1, 0.15) is 30.8 Å². The molecule has 2 heterocycles. The first-order valence-corrected chi connectivity index (χ1v) is 9.25. The Labute approximate surface area is 154 Å². The van der Waals surface area contributed by atoms with Crippen molar-refractivity contribution in [3.8, 4) is 11.3 Å². The lowest BCUT2D eigenvalue weighted by Crippen LogP contribution is -2.49. The largest absolute Gasteiger partial charge is 0.379 e. The quantitative estimate of drug-likeness (QED) is 0.825. The van der Waals surface area contributed by atoms with Crippen LogP contribution in [0, 0.1) is 5.92 Å². The zero-order valence-electron chi connectivity index (χ0n) is 15.5. The Morgan fingerprint density at radius 1 is 1.23 bits per heavy atom. The molecule has 0 spiro atoms. The number of amides is 1. The molecule has 1 atom stereocenters. The number of rotatable bonds is 7. The molecule has 0 aliphatic carbocycles. The van der Waals surface area contributed by atoms with Crippen molar-refractivity contribution in [3.05, 3.63) is 42.1 Å². The van der Waals surface area contributed by atoms with Crippen LogP contribution < -0.4 is 5.32 Å². The zero-order valence-corrected chi connectivity index (χ0v) is 15.5. The van der Waals surface area contributed by atoms with Crippen LogP contribution >= 0.6 is 0 Å². The molecule has 6 nitrogen and oxygen atoms in total. The molecule has 1 aromatic heterocycles. The fraction of sp³-hybridized carbons (Fsp3) is 0.500. The van der Waals surface area contributed by atoms with E-state index in [0.29, 0.717) is 30.0 Å². The van der Waals surface area contributed by atoms with E-state index in [9.17, 15) is 4.79 Å². The van der Waals surface area contributed by atoms with Gasteiger partial charge in [-0.2, -0.15) is 0 Å². The molecule has 6 heteroatoms. The topological polar surface area (TPSA) is 67.6 Å². The maximum atomic E-state index is 12.5. The monoisotopic (exact) mass is 357 g/mol. The average molecular weight is 357 g/mol. The van der Waals surface area contributed by atoms with Crippen LogP contribution in [0.5, 0.6) is 0 Å². The van der Waals surface area contributed by atoms with Crippen LogP contribution in [0.3, 0.4) is 0 Å². The Kier molecular flexibility index (Phi) is 6.41. The molecular formula is C20H27N3O3. The van der Waals surface area contributed by atoms with Crippen molar-refractivity contribution in [1.29, 1.82) is 0 Å². The number of benzene rings is 1. The van der Waals surface area contributed by atoms with Gasteiger partial charge in [0.15, 0.2) is 11.5 Å². The number of hydrogen-bond donors (Lipinski definition) is 1. The Morgan fingerprint density at radius 3 is 2.65 bits per heavy atom. The minimum Gasteiger partial charge on any atom is -0.379 e. The summed E-state index contributed by atoms with van der Waals surface area (Å²) in [6.07, 6.45) is 1.04. The van der Waals surface area contributed by atoms with E-state index in [1.807, 2.05) is 30.3 Å². The van der Waals surface area contributed by atoms with Crippen LogP contribution in [-0.2, 0) is 4.74 Å². The number of morpholine rings is 1. The smallest absolute Gasteiger partial charge is 0.273 e. The average Bonchev–Trinajstić information content (AvgIpc) is 3.16. The Bertz CT molecular complexity index is 693. The first-order valence-electron chi connectivity index (χ1n) is 9.25. The standard InChI is InChI=1S/C20H27N3O3/c1-15(2)12-17(23-8-10-25-11-9-23)14-21-20(24)18-13-19(26-22-18)16-6-4-3-5-7-16/h3-7,13,15,17H,8-12,14H2,1-2H3,(H,21,24). The molecule has 1 aliphatic heterocycles. The van der Waals surface area contributed by atoms with E-state index in [-0.39, 0.29) is 5.91 Å². The van der Waals surface area contributed by atoms with Crippen LogP contribution in [0.2, 0.25) is 0 Å². The third-order valence-electron chi connectivity index (χ3n) is 4.60. The number of aromatic nitrogens is 1. The molecule has 0 radical (unpaired) electrons. The molecular weight excluding hydrogens is 330 g/mol. The highest BCUT2D eigenvalue weighted by Crippen LogP contribution is 2.20. The molecule has 1 fully saturated rings. The molecule has 140 valence electrons. The van der Waals surface area contributed by atoms with E-state index >= 15 is 0 Å². The van der Waals surface area contributed by atoms with Gasteiger partial charge in [0.2, 0.25) is 0 Å². The summed E-state index contributed by atoms with van der Waals surface area (Å²) in [6.45, 7) is 8.35. The minimum atomic E-state index is -0.196. The molecule has 2 aromatic rings. The lowest BCUT2D eigenvalue weighted by Gasteiger charge is -2.35. The van der Waals surface area contributed by atoms with Crippen molar-refractivity contribution < 1.29 is 14.1 Å². The molecule has 26 heavy (non-hydrogen) atoms. The molecule has 1 aliphatic rings. The fourth-order valence-electron chi connectivity index (χ4n) is 3.27. The molecule has 0 saturated carbocycles. The van der Waals surface area contributed by atoms with E-state index in [1.165, 1.54) is 0 Å². The predicted molar refractivity (Wildman–Crippen MR) is 99.9 cm³/mol. The first kappa shape index (κ1) is 18.6. The highest BCUT2D eigenvalue weighted by Gasteiger charge is 2.23. The molecule has 1 aromatic carbocycles. The third-order valence-corrected chi connectivity index (χ3v) is 4.60. The van der Waals surface area contributed by atoms with Crippen molar-refractivity contribution in [2.24, 2.45) is 5.92 Å². The number of carbonyl (C=O) groups excluding carboxylic acids is 1. The summed E-state index contributed by atoms with van der Waals surface area (Å²) < 4.78 is 10.8. The van der Waals surface area contributed by atoms with Crippen LogP contribution in [-0.4, -0.2) is 54.9 Å². The van der Waals surface area contributed by atoms with Gasteiger partial charge in [0.05, 0.1) is 13.2 Å². The molecule has 1 saturated heterocycles. The maximum absolute atomic E-state index is 12.5. The minimum absolute atomic E-state index is 0.196. The number of nitrogens with zero attached hydrogens (tertiary/aromatic N) is 2. The highest BCUT2D eigenvalue weighted by atomic mass is 16.5. The second kappa shape index (κ2) is 8.96. The molecule has 3 rings (SSSR count). The molecule has 0 bridgehead atoms. The third kappa shape index (κ3) is 4.93. The van der Waals surface area contributed by atoms with E-state index in [2.05, 4.69) is 29.2 Å². The predicted octanol–water partition coefficient (Wildman–Crippen LogP) is 2.82.